The highest BCUT2D eigenvalue weighted by molar-refractivity contribution is 9.08. The Bertz CT molecular complexity index is 658. The van der Waals surface area contributed by atoms with Gasteiger partial charge in [0.05, 0.1) is 4.90 Å². The number of nitrogens with one attached hydrogen (secondary N) is 1. The summed E-state index contributed by atoms with van der Waals surface area (Å²) in [5, 5.41) is 0.717. The molecule has 0 saturated carbocycles. The standard InChI is InChI=1S/C15H16BrNO2S2/c16-12-13-6-8-15(9-7-13)21(18,19)17-10-11-20-14-4-2-1-3-5-14/h1-9,17H,10-12H2. The molecule has 3 nitrogen and oxygen atoms in total. The summed E-state index contributed by atoms with van der Waals surface area (Å²) in [6.07, 6.45) is 0. The van der Waals surface area contributed by atoms with Crippen molar-refractivity contribution in [2.24, 2.45) is 0 Å². The van der Waals surface area contributed by atoms with Gasteiger partial charge in [0.15, 0.2) is 0 Å². The number of halogens is 1. The minimum atomic E-state index is -3.42. The van der Waals surface area contributed by atoms with Crippen LogP contribution in [0.3, 0.4) is 0 Å². The summed E-state index contributed by atoms with van der Waals surface area (Å²) < 4.78 is 26.8. The molecule has 0 aliphatic carbocycles. The molecule has 2 aromatic rings. The highest BCUT2D eigenvalue weighted by atomic mass is 79.9. The second-order valence-electron chi connectivity index (χ2n) is 4.34. The second-order valence-corrected chi connectivity index (χ2v) is 7.83. The smallest absolute Gasteiger partial charge is 0.210 e. The molecule has 0 aliphatic heterocycles. The molecule has 2 rings (SSSR count). The van der Waals surface area contributed by atoms with Gasteiger partial charge >= 0.3 is 0 Å². The van der Waals surface area contributed by atoms with E-state index in [4.69, 9.17) is 0 Å². The number of hydrogen-bond acceptors (Lipinski definition) is 3. The molecule has 0 unspecified atom stereocenters. The minimum Gasteiger partial charge on any atom is -0.210 e. The molecule has 6 heteroatoms. The molecule has 1 N–H and O–H groups in total. The zero-order valence-electron chi connectivity index (χ0n) is 11.3. The molecule has 0 fully saturated rings. The molecule has 2 aromatic carbocycles. The molecule has 0 saturated heterocycles. The Hall–Kier alpha value is -0.820. The van der Waals surface area contributed by atoms with E-state index in [-0.39, 0.29) is 0 Å². The zero-order valence-corrected chi connectivity index (χ0v) is 14.5. The van der Waals surface area contributed by atoms with Gasteiger partial charge in [0, 0.05) is 22.5 Å². The topological polar surface area (TPSA) is 46.2 Å². The molecule has 0 spiro atoms. The third-order valence-electron chi connectivity index (χ3n) is 2.79. The fraction of sp³-hybridized carbons (Fsp3) is 0.200. The maximum absolute atomic E-state index is 12.1. The van der Waals surface area contributed by atoms with E-state index in [9.17, 15) is 8.42 Å². The van der Waals surface area contributed by atoms with Crippen LogP contribution in [0.4, 0.5) is 0 Å². The molecule has 112 valence electrons. The molecule has 0 bridgehead atoms. The average Bonchev–Trinajstić information content (AvgIpc) is 2.53. The van der Waals surface area contributed by atoms with Gasteiger partial charge in [0.25, 0.3) is 0 Å². The van der Waals surface area contributed by atoms with E-state index in [1.165, 1.54) is 0 Å². The molecule has 0 atom stereocenters. The number of sulfonamides is 1. The van der Waals surface area contributed by atoms with Gasteiger partial charge in [0.1, 0.15) is 0 Å². The van der Waals surface area contributed by atoms with Crippen molar-refractivity contribution < 1.29 is 8.42 Å². The van der Waals surface area contributed by atoms with E-state index in [2.05, 4.69) is 20.7 Å². The van der Waals surface area contributed by atoms with Crippen molar-refractivity contribution in [3.05, 3.63) is 60.2 Å². The van der Waals surface area contributed by atoms with Crippen LogP contribution in [0.15, 0.2) is 64.4 Å². The average molecular weight is 386 g/mol. The molecule has 0 amide bonds. The Kier molecular flexibility index (Phi) is 6.29. The summed E-state index contributed by atoms with van der Waals surface area (Å²) in [5.41, 5.74) is 1.05. The van der Waals surface area contributed by atoms with Crippen molar-refractivity contribution in [3.63, 3.8) is 0 Å². The van der Waals surface area contributed by atoms with E-state index in [0.717, 1.165) is 10.5 Å². The fourth-order valence-corrected chi connectivity index (χ4v) is 4.03. The monoisotopic (exact) mass is 385 g/mol. The molecule has 0 radical (unpaired) electrons. The van der Waals surface area contributed by atoms with Crippen molar-refractivity contribution in [1.82, 2.24) is 4.72 Å². The van der Waals surface area contributed by atoms with Crippen LogP contribution in [-0.4, -0.2) is 20.7 Å². The van der Waals surface area contributed by atoms with Crippen LogP contribution in [-0.2, 0) is 15.4 Å². The van der Waals surface area contributed by atoms with Crippen molar-refractivity contribution >= 4 is 37.7 Å². The van der Waals surface area contributed by atoms with Gasteiger partial charge in [-0.1, -0.05) is 46.3 Å². The summed E-state index contributed by atoms with van der Waals surface area (Å²) in [7, 11) is -3.42. The van der Waals surface area contributed by atoms with Crippen LogP contribution < -0.4 is 4.72 Å². The van der Waals surface area contributed by atoms with E-state index >= 15 is 0 Å². The quantitative estimate of drug-likeness (QED) is 0.449. The third-order valence-corrected chi connectivity index (χ3v) is 5.93. The Morgan fingerprint density at radius 1 is 1.00 bits per heavy atom. The lowest BCUT2D eigenvalue weighted by atomic mass is 10.2. The first-order valence-electron chi connectivity index (χ1n) is 6.44. The lowest BCUT2D eigenvalue weighted by molar-refractivity contribution is 0.584. The van der Waals surface area contributed by atoms with E-state index < -0.39 is 10.0 Å². The Morgan fingerprint density at radius 2 is 1.67 bits per heavy atom. The van der Waals surface area contributed by atoms with Gasteiger partial charge < -0.3 is 0 Å². The Balaban J connectivity index is 1.86. The van der Waals surface area contributed by atoms with Crippen molar-refractivity contribution in [2.45, 2.75) is 15.1 Å². The van der Waals surface area contributed by atoms with Crippen LogP contribution in [0.25, 0.3) is 0 Å². The Labute approximate surface area is 138 Å². The molecule has 21 heavy (non-hydrogen) atoms. The van der Waals surface area contributed by atoms with Gasteiger partial charge in [-0.15, -0.1) is 11.8 Å². The van der Waals surface area contributed by atoms with E-state index in [1.54, 1.807) is 23.9 Å². The van der Waals surface area contributed by atoms with Gasteiger partial charge in [-0.2, -0.15) is 0 Å². The normalized spacial score (nSPS) is 11.5. The maximum Gasteiger partial charge on any atom is 0.240 e. The summed E-state index contributed by atoms with van der Waals surface area (Å²) in [6.45, 7) is 0.405. The van der Waals surface area contributed by atoms with Crippen LogP contribution in [0.5, 0.6) is 0 Å². The Morgan fingerprint density at radius 3 is 2.29 bits per heavy atom. The highest BCUT2D eigenvalue weighted by Gasteiger charge is 2.12. The first-order valence-corrected chi connectivity index (χ1v) is 10.0. The molecular formula is C15H16BrNO2S2. The minimum absolute atomic E-state index is 0.303. The largest absolute Gasteiger partial charge is 0.240 e. The number of alkyl halides is 1. The van der Waals surface area contributed by atoms with Crippen LogP contribution in [0.1, 0.15) is 5.56 Å². The fourth-order valence-electron chi connectivity index (χ4n) is 1.70. The predicted octanol–water partition coefficient (Wildman–Crippen LogP) is 3.65. The molecular weight excluding hydrogens is 370 g/mol. The van der Waals surface area contributed by atoms with E-state index in [0.29, 0.717) is 22.5 Å². The SMILES string of the molecule is O=S(=O)(NCCSc1ccccc1)c1ccc(CBr)cc1. The lowest BCUT2D eigenvalue weighted by Crippen LogP contribution is -2.26. The van der Waals surface area contributed by atoms with Crippen LogP contribution in [0, 0.1) is 0 Å². The van der Waals surface area contributed by atoms with Crippen LogP contribution in [0.2, 0.25) is 0 Å². The van der Waals surface area contributed by atoms with E-state index in [1.807, 2.05) is 42.5 Å². The van der Waals surface area contributed by atoms with Gasteiger partial charge in [-0.3, -0.25) is 0 Å². The predicted molar refractivity (Wildman–Crippen MR) is 91.4 cm³/mol. The number of thioether (sulfide) groups is 1. The first kappa shape index (κ1) is 16.5. The van der Waals surface area contributed by atoms with Crippen molar-refractivity contribution in [3.8, 4) is 0 Å². The molecule has 0 aliphatic rings. The summed E-state index contributed by atoms with van der Waals surface area (Å²) >= 11 is 4.97. The number of benzene rings is 2. The van der Waals surface area contributed by atoms with Gasteiger partial charge in [-0.05, 0) is 29.8 Å². The van der Waals surface area contributed by atoms with Gasteiger partial charge in [-0.25, -0.2) is 13.1 Å². The zero-order chi connectivity index (χ0) is 15.1. The first-order chi connectivity index (χ1) is 10.1. The molecule has 0 aromatic heterocycles. The lowest BCUT2D eigenvalue weighted by Gasteiger charge is -2.07. The number of hydrogen-bond donors (Lipinski definition) is 1. The van der Waals surface area contributed by atoms with Crippen molar-refractivity contribution in [1.29, 1.82) is 0 Å². The third kappa shape index (κ3) is 5.14. The highest BCUT2D eigenvalue weighted by Crippen LogP contribution is 2.16. The van der Waals surface area contributed by atoms with Crippen molar-refractivity contribution in [2.75, 3.05) is 12.3 Å². The summed E-state index contributed by atoms with van der Waals surface area (Å²) in [6, 6.07) is 16.8. The van der Waals surface area contributed by atoms with Gasteiger partial charge in [0.2, 0.25) is 10.0 Å². The maximum atomic E-state index is 12.1. The summed E-state index contributed by atoms with van der Waals surface area (Å²) in [4.78, 5) is 1.44. The second kappa shape index (κ2) is 7.98. The summed E-state index contributed by atoms with van der Waals surface area (Å²) in [5.74, 6) is 0.697. The molecule has 0 heterocycles. The van der Waals surface area contributed by atoms with Crippen LogP contribution >= 0.6 is 27.7 Å². The number of rotatable bonds is 7.